The Morgan fingerprint density at radius 3 is 2.25 bits per heavy atom. The van der Waals surface area contributed by atoms with Crippen LogP contribution in [0.15, 0.2) is 84.9 Å². The Kier molecular flexibility index (Phi) is 4.90. The molecule has 4 aromatic carbocycles. The van der Waals surface area contributed by atoms with E-state index in [2.05, 4.69) is 0 Å². The van der Waals surface area contributed by atoms with Crippen LogP contribution in [0.25, 0.3) is 21.5 Å². The molecule has 0 saturated heterocycles. The number of ketones is 1. The molecule has 0 heterocycles. The molecule has 0 fully saturated rings. The molecule has 0 spiro atoms. The van der Waals surface area contributed by atoms with Gasteiger partial charge in [-0.25, -0.2) is 0 Å². The van der Waals surface area contributed by atoms with E-state index in [9.17, 15) is 9.59 Å². The summed E-state index contributed by atoms with van der Waals surface area (Å²) in [5.41, 5.74) is 1.49. The number of rotatable bonds is 5. The zero-order valence-electron chi connectivity index (χ0n) is 15.6. The number of fused-ring (bicyclic) bond motifs is 2. The fraction of sp³-hybridized carbons (Fsp3) is 0.120. The molecule has 0 aliphatic rings. The van der Waals surface area contributed by atoms with Crippen molar-refractivity contribution >= 4 is 33.3 Å². The van der Waals surface area contributed by atoms with Gasteiger partial charge in [-0.1, -0.05) is 84.9 Å². The molecule has 0 bridgehead atoms. The third-order valence-electron chi connectivity index (χ3n) is 5.00. The molecule has 0 N–H and O–H groups in total. The molecule has 0 radical (unpaired) electrons. The molecule has 0 aliphatic carbocycles. The Morgan fingerprint density at radius 2 is 1.46 bits per heavy atom. The summed E-state index contributed by atoms with van der Waals surface area (Å²) in [6.07, 6.45) is 0. The van der Waals surface area contributed by atoms with Gasteiger partial charge in [0.15, 0.2) is 5.78 Å². The molecule has 4 aromatic rings. The van der Waals surface area contributed by atoms with E-state index >= 15 is 0 Å². The zero-order chi connectivity index (χ0) is 19.5. The molecule has 28 heavy (non-hydrogen) atoms. The summed E-state index contributed by atoms with van der Waals surface area (Å²) in [6.45, 7) is 1.38. The second kappa shape index (κ2) is 7.65. The fourth-order valence-corrected chi connectivity index (χ4v) is 3.58. The van der Waals surface area contributed by atoms with Crippen LogP contribution in [-0.4, -0.2) is 18.4 Å². The molecule has 4 rings (SSSR count). The lowest BCUT2D eigenvalue weighted by atomic mass is 9.88. The van der Waals surface area contributed by atoms with E-state index in [4.69, 9.17) is 4.74 Å². The maximum atomic E-state index is 13.5. The number of ether oxygens (including phenoxy) is 1. The Morgan fingerprint density at radius 1 is 0.786 bits per heavy atom. The number of Topliss-reactive ketones (excluding diaryl/α,β-unsaturated/α-hetero) is 1. The van der Waals surface area contributed by atoms with E-state index in [0.29, 0.717) is 5.56 Å². The van der Waals surface area contributed by atoms with Crippen LogP contribution in [0.2, 0.25) is 0 Å². The number of carbonyl (C=O) groups is 2. The minimum Gasteiger partial charge on any atom is -0.465 e. The highest BCUT2D eigenvalue weighted by Crippen LogP contribution is 2.28. The van der Waals surface area contributed by atoms with Crippen LogP contribution >= 0.6 is 0 Å². The van der Waals surface area contributed by atoms with Crippen molar-refractivity contribution in [3.8, 4) is 0 Å². The lowest BCUT2D eigenvalue weighted by Gasteiger charge is -2.18. The third kappa shape index (κ3) is 3.52. The first-order chi connectivity index (χ1) is 13.6. The minimum atomic E-state index is -0.556. The predicted molar refractivity (Wildman–Crippen MR) is 112 cm³/mol. The highest BCUT2D eigenvalue weighted by molar-refractivity contribution is 6.11. The van der Waals surface area contributed by atoms with Crippen molar-refractivity contribution in [3.63, 3.8) is 0 Å². The number of hydrogen-bond donors (Lipinski definition) is 0. The number of hydrogen-bond acceptors (Lipinski definition) is 3. The number of carbonyl (C=O) groups excluding carboxylic acids is 2. The normalized spacial score (nSPS) is 12.0. The van der Waals surface area contributed by atoms with Crippen molar-refractivity contribution in [2.24, 2.45) is 0 Å². The van der Waals surface area contributed by atoms with E-state index < -0.39 is 11.9 Å². The maximum Gasteiger partial charge on any atom is 0.302 e. The molecule has 0 aromatic heterocycles. The molecule has 3 nitrogen and oxygen atoms in total. The summed E-state index contributed by atoms with van der Waals surface area (Å²) in [4.78, 5) is 24.9. The molecule has 1 atom stereocenters. The zero-order valence-corrected chi connectivity index (χ0v) is 15.6. The lowest BCUT2D eigenvalue weighted by molar-refractivity contribution is -0.141. The predicted octanol–water partition coefficient (Wildman–Crippen LogP) is 5.52. The van der Waals surface area contributed by atoms with Crippen LogP contribution in [0, 0.1) is 0 Å². The maximum absolute atomic E-state index is 13.5. The van der Waals surface area contributed by atoms with Gasteiger partial charge in [-0.15, -0.1) is 0 Å². The third-order valence-corrected chi connectivity index (χ3v) is 5.00. The Balaban J connectivity index is 1.80. The summed E-state index contributed by atoms with van der Waals surface area (Å²) in [7, 11) is 0. The second-order valence-electron chi connectivity index (χ2n) is 6.85. The second-order valence-corrected chi connectivity index (χ2v) is 6.85. The summed E-state index contributed by atoms with van der Waals surface area (Å²) >= 11 is 0. The topological polar surface area (TPSA) is 43.4 Å². The van der Waals surface area contributed by atoms with Gasteiger partial charge in [0.2, 0.25) is 0 Å². The van der Waals surface area contributed by atoms with Gasteiger partial charge in [0.05, 0.1) is 5.92 Å². The molecule has 0 aliphatic heterocycles. The van der Waals surface area contributed by atoms with Gasteiger partial charge < -0.3 is 4.74 Å². The Bertz CT molecular complexity index is 1170. The van der Waals surface area contributed by atoms with Gasteiger partial charge in [-0.3, -0.25) is 9.59 Å². The van der Waals surface area contributed by atoms with Crippen LogP contribution in [0.4, 0.5) is 0 Å². The molecular weight excluding hydrogens is 348 g/mol. The van der Waals surface area contributed by atoms with Gasteiger partial charge in [0, 0.05) is 12.5 Å². The Hall–Kier alpha value is -3.46. The van der Waals surface area contributed by atoms with Gasteiger partial charge in [0.25, 0.3) is 0 Å². The number of esters is 1. The fourth-order valence-electron chi connectivity index (χ4n) is 3.58. The van der Waals surface area contributed by atoms with Crippen molar-refractivity contribution < 1.29 is 14.3 Å². The standard InChI is InChI=1S/C25H20O3/c1-17(26)28-16-24(21-14-13-18-7-2-3-9-20(18)15-21)25(27)23-12-6-10-19-8-4-5-11-22(19)23/h2-15,24H,16H2,1H3. The van der Waals surface area contributed by atoms with E-state index in [1.54, 1.807) is 0 Å². The monoisotopic (exact) mass is 368 g/mol. The van der Waals surface area contributed by atoms with E-state index in [-0.39, 0.29) is 12.4 Å². The lowest BCUT2D eigenvalue weighted by Crippen LogP contribution is -2.20. The molecule has 1 unspecified atom stereocenters. The summed E-state index contributed by atoms with van der Waals surface area (Å²) < 4.78 is 5.27. The molecule has 0 saturated carbocycles. The summed E-state index contributed by atoms with van der Waals surface area (Å²) in [6, 6.07) is 27.5. The molecule has 0 amide bonds. The Labute approximate surface area is 163 Å². The highest BCUT2D eigenvalue weighted by Gasteiger charge is 2.25. The van der Waals surface area contributed by atoms with Gasteiger partial charge in [-0.05, 0) is 27.1 Å². The smallest absolute Gasteiger partial charge is 0.302 e. The van der Waals surface area contributed by atoms with E-state index in [0.717, 1.165) is 27.1 Å². The van der Waals surface area contributed by atoms with Crippen molar-refractivity contribution in [1.82, 2.24) is 0 Å². The van der Waals surface area contributed by atoms with Crippen molar-refractivity contribution in [3.05, 3.63) is 96.1 Å². The van der Waals surface area contributed by atoms with Gasteiger partial charge in [0.1, 0.15) is 6.61 Å². The van der Waals surface area contributed by atoms with Gasteiger partial charge >= 0.3 is 5.97 Å². The van der Waals surface area contributed by atoms with Crippen LogP contribution < -0.4 is 0 Å². The quantitative estimate of drug-likeness (QED) is 0.344. The van der Waals surface area contributed by atoms with Crippen LogP contribution in [0.3, 0.4) is 0 Å². The van der Waals surface area contributed by atoms with Crippen molar-refractivity contribution in [1.29, 1.82) is 0 Å². The molecule has 138 valence electrons. The van der Waals surface area contributed by atoms with Crippen LogP contribution in [-0.2, 0) is 9.53 Å². The highest BCUT2D eigenvalue weighted by atomic mass is 16.5. The SMILES string of the molecule is CC(=O)OCC(C(=O)c1cccc2ccccc12)c1ccc2ccccc2c1. The van der Waals surface area contributed by atoms with Gasteiger partial charge in [-0.2, -0.15) is 0 Å². The first-order valence-corrected chi connectivity index (χ1v) is 9.27. The average Bonchev–Trinajstić information content (AvgIpc) is 2.73. The molecular formula is C25H20O3. The number of benzene rings is 4. The van der Waals surface area contributed by atoms with Crippen molar-refractivity contribution in [2.75, 3.05) is 6.61 Å². The molecule has 3 heteroatoms. The first kappa shape index (κ1) is 17.9. The summed E-state index contributed by atoms with van der Waals surface area (Å²) in [5, 5.41) is 4.08. The van der Waals surface area contributed by atoms with Crippen LogP contribution in [0.1, 0.15) is 28.8 Å². The van der Waals surface area contributed by atoms with Crippen molar-refractivity contribution in [2.45, 2.75) is 12.8 Å². The van der Waals surface area contributed by atoms with Crippen LogP contribution in [0.5, 0.6) is 0 Å². The van der Waals surface area contributed by atoms with E-state index in [1.165, 1.54) is 6.92 Å². The summed E-state index contributed by atoms with van der Waals surface area (Å²) in [5.74, 6) is -0.996. The largest absolute Gasteiger partial charge is 0.465 e. The van der Waals surface area contributed by atoms with E-state index in [1.807, 2.05) is 84.9 Å². The average molecular weight is 368 g/mol. The first-order valence-electron chi connectivity index (χ1n) is 9.27. The minimum absolute atomic E-state index is 0.0235.